The Morgan fingerprint density at radius 3 is 2.62 bits per heavy atom. The number of aromatic nitrogens is 2. The molecule has 3 aromatic rings. The molecule has 6 nitrogen and oxygen atoms in total. The van der Waals surface area contributed by atoms with Gasteiger partial charge in [0.15, 0.2) is 5.11 Å². The molecule has 0 radical (unpaired) electrons. The Hall–Kier alpha value is -3.19. The van der Waals surface area contributed by atoms with Gasteiger partial charge in [-0.15, -0.1) is 0 Å². The molecule has 2 aromatic heterocycles. The largest absolute Gasteiger partial charge is 0.352 e. The van der Waals surface area contributed by atoms with E-state index in [1.54, 1.807) is 6.20 Å². The van der Waals surface area contributed by atoms with Crippen LogP contribution < -0.4 is 10.6 Å². The zero-order valence-corrected chi connectivity index (χ0v) is 19.5. The number of aryl methyl sites for hydroxylation is 1. The molecule has 2 atom stereocenters. The normalized spacial score (nSPS) is 18.1. The van der Waals surface area contributed by atoms with Crippen molar-refractivity contribution in [3.05, 3.63) is 83.9 Å². The van der Waals surface area contributed by atoms with Crippen LogP contribution in [0.25, 0.3) is 0 Å². The van der Waals surface area contributed by atoms with Crippen LogP contribution in [0.4, 0.5) is 5.69 Å². The number of nitrogens with one attached hydrogen (secondary N) is 2. The van der Waals surface area contributed by atoms with Gasteiger partial charge >= 0.3 is 0 Å². The summed E-state index contributed by atoms with van der Waals surface area (Å²) in [5.41, 5.74) is 4.05. The molecule has 1 aliphatic heterocycles. The number of thiocarbonyl (C=S) groups is 1. The molecule has 0 bridgehead atoms. The lowest BCUT2D eigenvalue weighted by Crippen LogP contribution is -2.32. The number of hydrogen-bond acceptors (Lipinski definition) is 3. The van der Waals surface area contributed by atoms with Crippen LogP contribution in [-0.4, -0.2) is 32.0 Å². The van der Waals surface area contributed by atoms with E-state index < -0.39 is 0 Å². The minimum absolute atomic E-state index is 0.0311. The van der Waals surface area contributed by atoms with Gasteiger partial charge in [0.1, 0.15) is 0 Å². The van der Waals surface area contributed by atoms with Crippen LogP contribution in [0.5, 0.6) is 0 Å². The minimum Gasteiger partial charge on any atom is -0.352 e. The molecule has 32 heavy (non-hydrogen) atoms. The first kappa shape index (κ1) is 22.0. The Bertz CT molecular complexity index is 1080. The second-order valence-electron chi connectivity index (χ2n) is 8.47. The van der Waals surface area contributed by atoms with Gasteiger partial charge in [-0.3, -0.25) is 9.78 Å². The Morgan fingerprint density at radius 1 is 1.19 bits per heavy atom. The Labute approximate surface area is 194 Å². The van der Waals surface area contributed by atoms with Crippen LogP contribution in [0.15, 0.2) is 67.1 Å². The van der Waals surface area contributed by atoms with Gasteiger partial charge in [-0.05, 0) is 68.9 Å². The van der Waals surface area contributed by atoms with Crippen LogP contribution in [0, 0.1) is 6.92 Å². The maximum atomic E-state index is 12.6. The fraction of sp³-hybridized carbons (Fsp3) is 0.320. The second-order valence-corrected chi connectivity index (χ2v) is 8.86. The lowest BCUT2D eigenvalue weighted by atomic mass is 9.99. The summed E-state index contributed by atoms with van der Waals surface area (Å²) in [7, 11) is 0. The van der Waals surface area contributed by atoms with Crippen molar-refractivity contribution in [3.8, 4) is 0 Å². The molecule has 1 fully saturated rings. The predicted molar refractivity (Wildman–Crippen MR) is 131 cm³/mol. The van der Waals surface area contributed by atoms with E-state index in [-0.39, 0.29) is 18.0 Å². The second kappa shape index (κ2) is 9.53. The smallest absolute Gasteiger partial charge is 0.226 e. The number of hydrogen-bond donors (Lipinski definition) is 2. The van der Waals surface area contributed by atoms with Gasteiger partial charge in [0, 0.05) is 43.3 Å². The van der Waals surface area contributed by atoms with Crippen molar-refractivity contribution in [1.82, 2.24) is 19.8 Å². The first-order chi connectivity index (χ1) is 15.4. The lowest BCUT2D eigenvalue weighted by Gasteiger charge is -2.27. The molecule has 2 N–H and O–H groups in total. The van der Waals surface area contributed by atoms with E-state index in [0.29, 0.717) is 24.1 Å². The van der Waals surface area contributed by atoms with Gasteiger partial charge in [-0.25, -0.2) is 0 Å². The third-order valence-electron chi connectivity index (χ3n) is 5.79. The van der Waals surface area contributed by atoms with Crippen LogP contribution in [0.3, 0.4) is 0 Å². The fourth-order valence-corrected chi connectivity index (χ4v) is 4.35. The number of anilines is 1. The lowest BCUT2D eigenvalue weighted by molar-refractivity contribution is -0.116. The van der Waals surface area contributed by atoms with Gasteiger partial charge in [-0.2, -0.15) is 0 Å². The Balaban J connectivity index is 1.53. The molecule has 1 aliphatic rings. The summed E-state index contributed by atoms with van der Waals surface area (Å²) in [5.74, 6) is -0.0311. The third kappa shape index (κ3) is 4.83. The minimum atomic E-state index is -0.0770. The maximum absolute atomic E-state index is 12.6. The summed E-state index contributed by atoms with van der Waals surface area (Å²) in [4.78, 5) is 19.3. The van der Waals surface area contributed by atoms with Crippen molar-refractivity contribution in [2.75, 3.05) is 11.9 Å². The van der Waals surface area contributed by atoms with E-state index in [9.17, 15) is 4.79 Å². The monoisotopic (exact) mass is 447 g/mol. The molecular formula is C25H29N5OS. The molecule has 166 valence electrons. The van der Waals surface area contributed by atoms with E-state index in [0.717, 1.165) is 22.5 Å². The predicted octanol–water partition coefficient (Wildman–Crippen LogP) is 4.77. The molecule has 4 rings (SSSR count). The van der Waals surface area contributed by atoms with Crippen LogP contribution in [-0.2, 0) is 4.79 Å². The zero-order valence-electron chi connectivity index (χ0n) is 18.7. The van der Waals surface area contributed by atoms with E-state index >= 15 is 0 Å². The van der Waals surface area contributed by atoms with E-state index in [2.05, 4.69) is 57.4 Å². The number of nitrogens with zero attached hydrogens (tertiary/aromatic N) is 3. The average Bonchev–Trinajstić information content (AvgIpc) is 3.39. The number of amides is 1. The quantitative estimate of drug-likeness (QED) is 0.511. The van der Waals surface area contributed by atoms with E-state index in [1.807, 2.05) is 49.4 Å². The third-order valence-corrected chi connectivity index (χ3v) is 6.14. The number of benzene rings is 1. The molecule has 3 heterocycles. The van der Waals surface area contributed by atoms with Crippen molar-refractivity contribution in [2.24, 2.45) is 0 Å². The highest BCUT2D eigenvalue weighted by Crippen LogP contribution is 2.39. The summed E-state index contributed by atoms with van der Waals surface area (Å²) >= 11 is 5.70. The molecule has 7 heteroatoms. The summed E-state index contributed by atoms with van der Waals surface area (Å²) in [6, 6.07) is 16.1. The summed E-state index contributed by atoms with van der Waals surface area (Å²) in [6.07, 6.45) is 6.40. The Morgan fingerprint density at radius 2 is 1.97 bits per heavy atom. The first-order valence-corrected chi connectivity index (χ1v) is 11.3. The molecule has 0 aliphatic carbocycles. The fourth-order valence-electron chi connectivity index (χ4n) is 4.02. The van der Waals surface area contributed by atoms with Crippen LogP contribution in [0.2, 0.25) is 0 Å². The molecule has 1 amide bonds. The van der Waals surface area contributed by atoms with E-state index in [1.165, 1.54) is 0 Å². The molecule has 2 unspecified atom stereocenters. The number of rotatable bonds is 7. The summed E-state index contributed by atoms with van der Waals surface area (Å²) in [5, 5.41) is 7.06. The highest BCUT2D eigenvalue weighted by molar-refractivity contribution is 7.80. The van der Waals surface area contributed by atoms with Crippen molar-refractivity contribution < 1.29 is 4.79 Å². The van der Waals surface area contributed by atoms with Gasteiger partial charge in [0.25, 0.3) is 0 Å². The van der Waals surface area contributed by atoms with Crippen molar-refractivity contribution in [1.29, 1.82) is 0 Å². The molecule has 1 aromatic carbocycles. The topological polar surface area (TPSA) is 62.2 Å². The number of carbonyl (C=O) groups is 1. The molecular weight excluding hydrogens is 418 g/mol. The standard InChI is InChI=1S/C25H29N5OS/c1-17(2)29-14-11-19(16-29)24-23(21-6-4-5-13-26-21)28-25(32)30(24)15-12-22(31)27-20-9-7-18(3)8-10-20/h4-11,13-14,16-17,23-24H,12,15H2,1-3H3,(H,27,31)(H,28,32). The SMILES string of the molecule is Cc1ccc(NC(=O)CCN2C(=S)NC(c3ccccn3)C2c2ccn(C(C)C)c2)cc1. The van der Waals surface area contributed by atoms with E-state index in [4.69, 9.17) is 12.2 Å². The summed E-state index contributed by atoms with van der Waals surface area (Å²) < 4.78 is 2.19. The van der Waals surface area contributed by atoms with Crippen LogP contribution >= 0.6 is 12.2 Å². The highest BCUT2D eigenvalue weighted by Gasteiger charge is 2.40. The molecule has 1 saturated heterocycles. The number of carbonyl (C=O) groups excluding carboxylic acids is 1. The van der Waals surface area contributed by atoms with Crippen molar-refractivity contribution in [2.45, 2.75) is 45.3 Å². The van der Waals surface area contributed by atoms with Crippen molar-refractivity contribution >= 4 is 28.9 Å². The summed E-state index contributed by atoms with van der Waals surface area (Å²) in [6.45, 7) is 6.86. The maximum Gasteiger partial charge on any atom is 0.226 e. The zero-order chi connectivity index (χ0) is 22.7. The van der Waals surface area contributed by atoms with Gasteiger partial charge in [0.2, 0.25) is 5.91 Å². The average molecular weight is 448 g/mol. The van der Waals surface area contributed by atoms with Gasteiger partial charge in [0.05, 0.1) is 17.8 Å². The van der Waals surface area contributed by atoms with Gasteiger partial charge in [-0.1, -0.05) is 23.8 Å². The highest BCUT2D eigenvalue weighted by atomic mass is 32.1. The molecule has 0 spiro atoms. The first-order valence-electron chi connectivity index (χ1n) is 10.9. The van der Waals surface area contributed by atoms with Gasteiger partial charge < -0.3 is 20.1 Å². The number of pyridine rings is 1. The molecule has 0 saturated carbocycles. The Kier molecular flexibility index (Phi) is 6.55. The van der Waals surface area contributed by atoms with Crippen molar-refractivity contribution in [3.63, 3.8) is 0 Å². The van der Waals surface area contributed by atoms with Crippen LogP contribution in [0.1, 0.15) is 55.2 Å².